The molecule has 0 aliphatic carbocycles. The molecule has 3 rings (SSSR count). The van der Waals surface area contributed by atoms with Crippen molar-refractivity contribution in [3.05, 3.63) is 47.0 Å². The molecule has 1 saturated heterocycles. The first-order chi connectivity index (χ1) is 14.6. The molecule has 2 aliphatic rings. The topological polar surface area (TPSA) is 49.9 Å². The Morgan fingerprint density at radius 1 is 1.00 bits per heavy atom. The monoisotopic (exact) mass is 426 g/mol. The molecule has 0 aromatic heterocycles. The third-order valence-electron chi connectivity index (χ3n) is 8.07. The van der Waals surface area contributed by atoms with Gasteiger partial charge >= 0.3 is 0 Å². The Kier molecular flexibility index (Phi) is 6.78. The highest BCUT2D eigenvalue weighted by molar-refractivity contribution is 6.19. The molecular formula is C26H38N2O3. The molecule has 31 heavy (non-hydrogen) atoms. The van der Waals surface area contributed by atoms with E-state index in [1.807, 2.05) is 6.07 Å². The summed E-state index contributed by atoms with van der Waals surface area (Å²) in [6, 6.07) is 10.2. The summed E-state index contributed by atoms with van der Waals surface area (Å²) >= 11 is 0. The van der Waals surface area contributed by atoms with Gasteiger partial charge < -0.3 is 0 Å². The smallest absolute Gasteiger partial charge is 0.257 e. The average molecular weight is 427 g/mol. The van der Waals surface area contributed by atoms with Gasteiger partial charge in [0.25, 0.3) is 11.8 Å². The number of imide groups is 1. The Bertz CT molecular complexity index is 841. The lowest BCUT2D eigenvalue weighted by Gasteiger charge is -2.60. The molecule has 4 atom stereocenters. The van der Waals surface area contributed by atoms with Crippen LogP contribution >= 0.6 is 0 Å². The van der Waals surface area contributed by atoms with Gasteiger partial charge in [-0.25, -0.2) is 0 Å². The number of hydrogen-bond donors (Lipinski definition) is 0. The lowest BCUT2D eigenvalue weighted by Crippen LogP contribution is -2.70. The van der Waals surface area contributed by atoms with Crippen molar-refractivity contribution < 1.29 is 14.4 Å². The Hall–Kier alpha value is -1.98. The second-order valence-corrected chi connectivity index (χ2v) is 9.71. The summed E-state index contributed by atoms with van der Waals surface area (Å²) in [6.07, 6.45) is 3.30. The maximum atomic E-state index is 13.0. The number of benzene rings is 1. The van der Waals surface area contributed by atoms with Gasteiger partial charge in [0.1, 0.15) is 0 Å². The van der Waals surface area contributed by atoms with Crippen LogP contribution in [0.15, 0.2) is 41.5 Å². The van der Waals surface area contributed by atoms with Crippen LogP contribution in [0.2, 0.25) is 0 Å². The zero-order chi connectivity index (χ0) is 23.0. The van der Waals surface area contributed by atoms with Crippen LogP contribution in [-0.2, 0) is 20.8 Å². The van der Waals surface area contributed by atoms with Crippen molar-refractivity contribution in [3.8, 4) is 0 Å². The van der Waals surface area contributed by atoms with Gasteiger partial charge in [-0.3, -0.25) is 19.3 Å². The SMILES string of the molecule is CCC1(C)CC(N2C(=O)C(C)=C(C)C2=O)C(C)C(C)(CC)N1OCCc1ccccc1. The highest BCUT2D eigenvalue weighted by Gasteiger charge is 2.57. The molecule has 170 valence electrons. The predicted octanol–water partition coefficient (Wildman–Crippen LogP) is 4.91. The van der Waals surface area contributed by atoms with E-state index in [0.717, 1.165) is 19.3 Å². The zero-order valence-corrected chi connectivity index (χ0v) is 20.2. The van der Waals surface area contributed by atoms with Gasteiger partial charge in [-0.1, -0.05) is 51.1 Å². The van der Waals surface area contributed by atoms with Crippen molar-refractivity contribution in [1.29, 1.82) is 0 Å². The molecule has 5 nitrogen and oxygen atoms in total. The summed E-state index contributed by atoms with van der Waals surface area (Å²) in [4.78, 5) is 34.0. The first-order valence-corrected chi connectivity index (χ1v) is 11.6. The number of rotatable bonds is 7. The van der Waals surface area contributed by atoms with Crippen LogP contribution in [0, 0.1) is 5.92 Å². The molecule has 0 radical (unpaired) electrons. The molecule has 0 saturated carbocycles. The summed E-state index contributed by atoms with van der Waals surface area (Å²) in [5.41, 5.74) is 1.84. The minimum atomic E-state index is -0.296. The Morgan fingerprint density at radius 2 is 1.58 bits per heavy atom. The third-order valence-corrected chi connectivity index (χ3v) is 8.07. The highest BCUT2D eigenvalue weighted by Crippen LogP contribution is 2.48. The second kappa shape index (κ2) is 8.87. The van der Waals surface area contributed by atoms with Gasteiger partial charge in [-0.05, 0) is 64.9 Å². The van der Waals surface area contributed by atoms with Gasteiger partial charge in [0.2, 0.25) is 0 Å². The van der Waals surface area contributed by atoms with E-state index in [9.17, 15) is 9.59 Å². The quantitative estimate of drug-likeness (QED) is 0.581. The van der Waals surface area contributed by atoms with Gasteiger partial charge in [-0.15, -0.1) is 0 Å². The molecule has 4 unspecified atom stereocenters. The van der Waals surface area contributed by atoms with Crippen molar-refractivity contribution in [2.45, 2.75) is 91.3 Å². The summed E-state index contributed by atoms with van der Waals surface area (Å²) in [5.74, 6) is -0.176. The fourth-order valence-electron chi connectivity index (χ4n) is 5.27. The van der Waals surface area contributed by atoms with E-state index in [2.05, 4.69) is 63.9 Å². The largest absolute Gasteiger partial charge is 0.298 e. The molecule has 5 heteroatoms. The summed E-state index contributed by atoms with van der Waals surface area (Å²) in [5, 5.41) is 2.21. The minimum Gasteiger partial charge on any atom is -0.298 e. The number of piperidine rings is 1. The number of carbonyl (C=O) groups is 2. The number of hydroxylamine groups is 2. The average Bonchev–Trinajstić information content (AvgIpc) is 2.96. The molecule has 2 heterocycles. The summed E-state index contributed by atoms with van der Waals surface area (Å²) in [6.45, 7) is 15.1. The second-order valence-electron chi connectivity index (χ2n) is 9.71. The minimum absolute atomic E-state index is 0.0838. The maximum absolute atomic E-state index is 13.0. The summed E-state index contributed by atoms with van der Waals surface area (Å²) in [7, 11) is 0. The van der Waals surface area contributed by atoms with Crippen molar-refractivity contribution in [2.75, 3.05) is 6.61 Å². The van der Waals surface area contributed by atoms with Crippen LogP contribution in [-0.4, -0.2) is 45.5 Å². The number of amides is 2. The fraction of sp³-hybridized carbons (Fsp3) is 0.615. The molecule has 0 N–H and O–H groups in total. The van der Waals surface area contributed by atoms with Crippen LogP contribution in [0.4, 0.5) is 0 Å². The maximum Gasteiger partial charge on any atom is 0.257 e. The fourth-order valence-corrected chi connectivity index (χ4v) is 5.27. The first-order valence-electron chi connectivity index (χ1n) is 11.6. The molecule has 1 aromatic carbocycles. The number of carbonyl (C=O) groups excluding carboxylic acids is 2. The van der Waals surface area contributed by atoms with Gasteiger partial charge in [0.05, 0.1) is 6.61 Å². The Labute approximate surface area is 187 Å². The van der Waals surface area contributed by atoms with Crippen molar-refractivity contribution in [2.24, 2.45) is 5.92 Å². The van der Waals surface area contributed by atoms with E-state index in [-0.39, 0.29) is 34.9 Å². The van der Waals surface area contributed by atoms with E-state index >= 15 is 0 Å². The van der Waals surface area contributed by atoms with Gasteiger partial charge in [0.15, 0.2) is 0 Å². The molecule has 2 aliphatic heterocycles. The first kappa shape index (κ1) is 23.7. The lowest BCUT2D eigenvalue weighted by molar-refractivity contribution is -0.310. The standard InChI is InChI=1S/C26H38N2O3/c1-8-25(6)17-22(27-23(29)18(3)19(4)24(27)30)20(5)26(7,9-2)28(25)31-16-15-21-13-11-10-12-14-21/h10-14,20,22H,8-9,15-17H2,1-7H3. The van der Waals surface area contributed by atoms with E-state index in [1.165, 1.54) is 5.56 Å². The van der Waals surface area contributed by atoms with E-state index in [1.54, 1.807) is 18.7 Å². The van der Waals surface area contributed by atoms with E-state index in [0.29, 0.717) is 24.2 Å². The molecular weight excluding hydrogens is 388 g/mol. The Morgan fingerprint density at radius 3 is 2.10 bits per heavy atom. The molecule has 2 amide bonds. The lowest BCUT2D eigenvalue weighted by atomic mass is 9.68. The van der Waals surface area contributed by atoms with Crippen molar-refractivity contribution >= 4 is 11.8 Å². The Balaban J connectivity index is 1.87. The number of hydrogen-bond acceptors (Lipinski definition) is 4. The van der Waals surface area contributed by atoms with Crippen LogP contribution in [0.25, 0.3) is 0 Å². The molecule has 1 aromatic rings. The van der Waals surface area contributed by atoms with Gasteiger partial charge in [-0.2, -0.15) is 5.06 Å². The van der Waals surface area contributed by atoms with Crippen LogP contribution < -0.4 is 0 Å². The molecule has 0 spiro atoms. The normalized spacial score (nSPS) is 32.3. The van der Waals surface area contributed by atoms with Crippen LogP contribution in [0.1, 0.15) is 73.3 Å². The van der Waals surface area contributed by atoms with Crippen molar-refractivity contribution in [3.63, 3.8) is 0 Å². The highest BCUT2D eigenvalue weighted by atomic mass is 16.7. The van der Waals surface area contributed by atoms with Gasteiger partial charge in [0, 0.05) is 28.3 Å². The predicted molar refractivity (Wildman–Crippen MR) is 123 cm³/mol. The van der Waals surface area contributed by atoms with Crippen LogP contribution in [0.3, 0.4) is 0 Å². The molecule has 1 fully saturated rings. The third kappa shape index (κ3) is 3.98. The molecule has 0 bridgehead atoms. The number of nitrogens with zero attached hydrogens (tertiary/aromatic N) is 2. The van der Waals surface area contributed by atoms with E-state index < -0.39 is 0 Å². The van der Waals surface area contributed by atoms with Crippen molar-refractivity contribution in [1.82, 2.24) is 9.96 Å². The van der Waals surface area contributed by atoms with Crippen LogP contribution in [0.5, 0.6) is 0 Å². The zero-order valence-electron chi connectivity index (χ0n) is 20.2. The van der Waals surface area contributed by atoms with E-state index in [4.69, 9.17) is 4.84 Å². The summed E-state index contributed by atoms with van der Waals surface area (Å²) < 4.78 is 0.